The van der Waals surface area contributed by atoms with E-state index < -0.39 is 7.26 Å². The lowest BCUT2D eigenvalue weighted by Crippen LogP contribution is -3.00. The molecular formula is C22H22IOPS2. The molecule has 0 bridgehead atoms. The maximum atomic E-state index is 5.56. The molecule has 140 valence electrons. The number of hydrogen-bond acceptors (Lipinski definition) is 3. The molecule has 0 N–H and O–H groups in total. The maximum absolute atomic E-state index is 5.56. The summed E-state index contributed by atoms with van der Waals surface area (Å²) in [7, 11) is -1.84. The van der Waals surface area contributed by atoms with Gasteiger partial charge in [-0.1, -0.05) is 54.6 Å². The summed E-state index contributed by atoms with van der Waals surface area (Å²) in [4.78, 5) is 0. The SMILES string of the molecule is CCOC(=S)SC[P+](c1ccccc1)(c1ccccc1)c1ccccc1.[I-]. The molecular weight excluding hydrogens is 502 g/mol. The fourth-order valence-electron chi connectivity index (χ4n) is 3.03. The standard InChI is InChI=1S/C22H22OPS2.HI/c1-2-23-22(25)26-18-24(19-12-6-3-7-13-19,20-14-8-4-9-15-20)21-16-10-5-11-17-21;/h3-17H,2,18H2,1H3;1H/q+1;/p-1. The molecule has 0 aromatic heterocycles. The topological polar surface area (TPSA) is 9.23 Å². The van der Waals surface area contributed by atoms with Crippen LogP contribution >= 0.6 is 31.2 Å². The molecule has 0 atom stereocenters. The zero-order chi connectivity index (χ0) is 18.2. The van der Waals surface area contributed by atoms with Gasteiger partial charge in [-0.3, -0.25) is 0 Å². The molecule has 27 heavy (non-hydrogen) atoms. The molecule has 0 saturated heterocycles. The molecule has 1 nitrogen and oxygen atoms in total. The monoisotopic (exact) mass is 524 g/mol. The lowest BCUT2D eigenvalue weighted by molar-refractivity contribution is -0.00000550. The third kappa shape index (κ3) is 5.32. The molecule has 0 radical (unpaired) electrons. The Balaban J connectivity index is 0.00000261. The fraction of sp³-hybridized carbons (Fsp3) is 0.136. The van der Waals surface area contributed by atoms with E-state index in [1.54, 1.807) is 11.8 Å². The van der Waals surface area contributed by atoms with Crippen molar-refractivity contribution in [3.63, 3.8) is 0 Å². The third-order valence-electron chi connectivity index (χ3n) is 4.23. The Kier molecular flexibility index (Phi) is 9.24. The Labute approximate surface area is 189 Å². The molecule has 0 saturated carbocycles. The summed E-state index contributed by atoms with van der Waals surface area (Å²) in [6, 6.07) is 32.5. The summed E-state index contributed by atoms with van der Waals surface area (Å²) in [5.74, 6) is 0. The summed E-state index contributed by atoms with van der Waals surface area (Å²) in [6.45, 7) is 2.58. The molecule has 0 aliphatic carbocycles. The Morgan fingerprint density at radius 3 is 1.48 bits per heavy atom. The molecule has 0 aliphatic rings. The van der Waals surface area contributed by atoms with Crippen molar-refractivity contribution < 1.29 is 28.7 Å². The first-order valence-electron chi connectivity index (χ1n) is 8.62. The lowest BCUT2D eigenvalue weighted by Gasteiger charge is -2.27. The van der Waals surface area contributed by atoms with Gasteiger partial charge >= 0.3 is 0 Å². The van der Waals surface area contributed by atoms with Crippen molar-refractivity contribution in [1.29, 1.82) is 0 Å². The highest BCUT2D eigenvalue weighted by atomic mass is 127. The van der Waals surface area contributed by atoms with Crippen LogP contribution in [0.15, 0.2) is 91.0 Å². The van der Waals surface area contributed by atoms with E-state index in [0.29, 0.717) is 11.0 Å². The molecule has 0 unspecified atom stereocenters. The van der Waals surface area contributed by atoms with Crippen molar-refractivity contribution in [1.82, 2.24) is 0 Å². The van der Waals surface area contributed by atoms with E-state index in [4.69, 9.17) is 17.0 Å². The second kappa shape index (κ2) is 11.2. The summed E-state index contributed by atoms with van der Waals surface area (Å²) in [6.07, 6.45) is 0. The molecule has 0 spiro atoms. The van der Waals surface area contributed by atoms with Crippen LogP contribution in [-0.4, -0.2) is 16.5 Å². The van der Waals surface area contributed by atoms with Crippen molar-refractivity contribution in [2.24, 2.45) is 0 Å². The van der Waals surface area contributed by atoms with Gasteiger partial charge < -0.3 is 28.7 Å². The fourth-order valence-corrected chi connectivity index (χ4v) is 9.74. The molecule has 0 heterocycles. The molecule has 3 rings (SSSR count). The van der Waals surface area contributed by atoms with Gasteiger partial charge in [-0.05, 0) is 67.3 Å². The van der Waals surface area contributed by atoms with Crippen LogP contribution in [-0.2, 0) is 4.74 Å². The third-order valence-corrected chi connectivity index (χ3v) is 10.7. The predicted octanol–water partition coefficient (Wildman–Crippen LogP) is 2.00. The van der Waals surface area contributed by atoms with Crippen molar-refractivity contribution >= 4 is 51.5 Å². The van der Waals surface area contributed by atoms with Crippen LogP contribution in [0, 0.1) is 0 Å². The van der Waals surface area contributed by atoms with Crippen molar-refractivity contribution in [3.05, 3.63) is 91.0 Å². The van der Waals surface area contributed by atoms with Crippen molar-refractivity contribution in [2.75, 3.05) is 12.1 Å². The molecule has 0 aliphatic heterocycles. The summed E-state index contributed by atoms with van der Waals surface area (Å²) >= 11 is 7.08. The zero-order valence-electron chi connectivity index (χ0n) is 15.1. The average Bonchev–Trinajstić information content (AvgIpc) is 2.71. The van der Waals surface area contributed by atoms with Gasteiger partial charge in [0.05, 0.1) is 6.61 Å². The minimum atomic E-state index is -1.84. The molecule has 3 aromatic carbocycles. The van der Waals surface area contributed by atoms with Gasteiger partial charge in [0.2, 0.25) is 4.38 Å². The minimum Gasteiger partial charge on any atom is -1.00 e. The van der Waals surface area contributed by atoms with E-state index in [-0.39, 0.29) is 24.0 Å². The van der Waals surface area contributed by atoms with E-state index in [0.717, 1.165) is 5.49 Å². The van der Waals surface area contributed by atoms with Gasteiger partial charge in [0.25, 0.3) is 0 Å². The minimum absolute atomic E-state index is 0. The summed E-state index contributed by atoms with van der Waals surface area (Å²) in [5, 5.41) is 4.09. The average molecular weight is 524 g/mol. The molecule has 0 amide bonds. The largest absolute Gasteiger partial charge is 1.00 e. The van der Waals surface area contributed by atoms with E-state index in [2.05, 4.69) is 91.0 Å². The van der Waals surface area contributed by atoms with Crippen LogP contribution in [0.2, 0.25) is 0 Å². The highest BCUT2D eigenvalue weighted by Gasteiger charge is 2.45. The van der Waals surface area contributed by atoms with Crippen molar-refractivity contribution in [2.45, 2.75) is 6.92 Å². The van der Waals surface area contributed by atoms with Gasteiger partial charge in [-0.15, -0.1) is 0 Å². The number of rotatable bonds is 6. The predicted molar refractivity (Wildman–Crippen MR) is 122 cm³/mol. The number of thioether (sulfide) groups is 1. The zero-order valence-corrected chi connectivity index (χ0v) is 19.8. The first-order valence-corrected chi connectivity index (χ1v) is 12.0. The van der Waals surface area contributed by atoms with Gasteiger partial charge in [-0.2, -0.15) is 0 Å². The van der Waals surface area contributed by atoms with Gasteiger partial charge in [0.15, 0.2) is 0 Å². The highest BCUT2D eigenvalue weighted by molar-refractivity contribution is 8.27. The maximum Gasteiger partial charge on any atom is 0.223 e. The lowest BCUT2D eigenvalue weighted by atomic mass is 10.4. The van der Waals surface area contributed by atoms with Gasteiger partial charge in [-0.25, -0.2) is 0 Å². The van der Waals surface area contributed by atoms with E-state index in [1.807, 2.05) is 6.92 Å². The first-order chi connectivity index (χ1) is 12.8. The Morgan fingerprint density at radius 1 is 0.778 bits per heavy atom. The van der Waals surface area contributed by atoms with Gasteiger partial charge in [0, 0.05) is 0 Å². The second-order valence-electron chi connectivity index (χ2n) is 5.77. The van der Waals surface area contributed by atoms with E-state index in [1.165, 1.54) is 15.9 Å². The van der Waals surface area contributed by atoms with Gasteiger partial charge in [0.1, 0.15) is 28.7 Å². The number of ether oxygens (including phenoxy) is 1. The van der Waals surface area contributed by atoms with Crippen LogP contribution < -0.4 is 39.9 Å². The summed E-state index contributed by atoms with van der Waals surface area (Å²) in [5.41, 5.74) is 0.893. The highest BCUT2D eigenvalue weighted by Crippen LogP contribution is 2.57. The first kappa shape index (κ1) is 22.4. The van der Waals surface area contributed by atoms with Crippen molar-refractivity contribution in [3.8, 4) is 0 Å². The normalized spacial score (nSPS) is 10.7. The van der Waals surface area contributed by atoms with E-state index >= 15 is 0 Å². The van der Waals surface area contributed by atoms with Crippen LogP contribution in [0.1, 0.15) is 6.92 Å². The number of halogens is 1. The second-order valence-corrected chi connectivity index (χ2v) is 11.3. The Hall–Kier alpha value is -0.940. The van der Waals surface area contributed by atoms with Crippen LogP contribution in [0.3, 0.4) is 0 Å². The van der Waals surface area contributed by atoms with Crippen LogP contribution in [0.4, 0.5) is 0 Å². The molecule has 0 fully saturated rings. The number of benzene rings is 3. The van der Waals surface area contributed by atoms with Crippen LogP contribution in [0.5, 0.6) is 0 Å². The number of hydrogen-bond donors (Lipinski definition) is 0. The van der Waals surface area contributed by atoms with E-state index in [9.17, 15) is 0 Å². The molecule has 3 aromatic rings. The number of thiocarbonyl (C=S) groups is 1. The Bertz CT molecular complexity index is 732. The Morgan fingerprint density at radius 2 is 1.15 bits per heavy atom. The molecule has 5 heteroatoms. The summed E-state index contributed by atoms with van der Waals surface area (Å²) < 4.78 is 6.18. The smallest absolute Gasteiger partial charge is 0.223 e. The quantitative estimate of drug-likeness (QED) is 0.278. The van der Waals surface area contributed by atoms with Crippen LogP contribution in [0.25, 0.3) is 0 Å².